The zero-order valence-electron chi connectivity index (χ0n) is 26.2. The molecule has 6 aliphatic rings. The first-order valence-electron chi connectivity index (χ1n) is 17.0. The average Bonchev–Trinajstić information content (AvgIpc) is 3.21. The Morgan fingerprint density at radius 3 is 2.15 bits per heavy atom. The molecule has 3 unspecified atom stereocenters. The highest BCUT2D eigenvalue weighted by atomic mass is 16.5. The molecule has 6 heteroatoms. The molecule has 0 N–H and O–H groups in total. The molecule has 6 nitrogen and oxygen atoms in total. The van der Waals surface area contributed by atoms with Gasteiger partial charge < -0.3 is 14.0 Å². The summed E-state index contributed by atoms with van der Waals surface area (Å²) in [6, 6.07) is 0.796. The molecule has 0 aromatic heterocycles. The molecule has 0 aromatic rings. The van der Waals surface area contributed by atoms with E-state index in [4.69, 9.17) is 9.47 Å². The highest BCUT2D eigenvalue weighted by molar-refractivity contribution is 5.66. The van der Waals surface area contributed by atoms with Gasteiger partial charge in [0.2, 0.25) is 0 Å². The zero-order chi connectivity index (χ0) is 28.3. The smallest absolute Gasteiger partial charge is 0.303 e. The molecule has 2 saturated heterocycles. The van der Waals surface area contributed by atoms with Gasteiger partial charge in [-0.1, -0.05) is 20.3 Å². The summed E-state index contributed by atoms with van der Waals surface area (Å²) in [6.45, 7) is 13.1. The van der Waals surface area contributed by atoms with E-state index in [0.29, 0.717) is 35.3 Å². The third kappa shape index (κ3) is 4.85. The Morgan fingerprint density at radius 2 is 1.48 bits per heavy atom. The SMILES string of the molecule is CC(=O)O[C@H]1C[C@@H]2CCC3C4C[C@H]([N+]5(C)CCCCC5)[C@H](OC(C)=O)[C@@]4(C)CCC3[C@@]2(C)C[C@@H]1N1CCCCC1. The lowest BCUT2D eigenvalue weighted by Crippen LogP contribution is -2.61. The van der Waals surface area contributed by atoms with Crippen LogP contribution in [0.3, 0.4) is 0 Å². The molecule has 6 rings (SSSR count). The van der Waals surface area contributed by atoms with Gasteiger partial charge in [-0.05, 0) is 113 Å². The van der Waals surface area contributed by atoms with E-state index < -0.39 is 0 Å². The van der Waals surface area contributed by atoms with Crippen LogP contribution in [-0.2, 0) is 19.1 Å². The Labute approximate surface area is 243 Å². The van der Waals surface area contributed by atoms with E-state index in [9.17, 15) is 9.59 Å². The van der Waals surface area contributed by atoms with Crippen molar-refractivity contribution in [2.75, 3.05) is 33.2 Å². The molecular weight excluding hydrogens is 500 g/mol. The van der Waals surface area contributed by atoms with Crippen LogP contribution in [0.5, 0.6) is 0 Å². The molecule has 0 radical (unpaired) electrons. The number of carbonyl (C=O) groups is 2. The van der Waals surface area contributed by atoms with Gasteiger partial charge >= 0.3 is 11.9 Å². The van der Waals surface area contributed by atoms with Crippen LogP contribution in [0, 0.1) is 34.5 Å². The Kier molecular flexibility index (Phi) is 7.85. The first-order valence-corrected chi connectivity index (χ1v) is 17.0. The molecule has 0 bridgehead atoms. The first-order chi connectivity index (χ1) is 19.0. The fraction of sp³-hybridized carbons (Fsp3) is 0.941. The van der Waals surface area contributed by atoms with E-state index in [-0.39, 0.29) is 29.6 Å². The number of likely N-dealkylation sites (N-methyl/N-ethyl adjacent to an activating group) is 1. The zero-order valence-corrected chi connectivity index (χ0v) is 26.2. The van der Waals surface area contributed by atoms with Crippen LogP contribution >= 0.6 is 0 Å². The van der Waals surface area contributed by atoms with E-state index in [1.165, 1.54) is 90.1 Å². The summed E-state index contributed by atoms with van der Waals surface area (Å²) in [5.74, 6) is 2.50. The number of rotatable bonds is 4. The molecule has 10 atom stereocenters. The van der Waals surface area contributed by atoms with Gasteiger partial charge in [0.1, 0.15) is 12.1 Å². The molecule has 4 saturated carbocycles. The third-order valence-electron chi connectivity index (χ3n) is 13.7. The van der Waals surface area contributed by atoms with Crippen LogP contribution < -0.4 is 0 Å². The Bertz CT molecular complexity index is 958. The van der Waals surface area contributed by atoms with Crippen molar-refractivity contribution < 1.29 is 23.5 Å². The van der Waals surface area contributed by atoms with Gasteiger partial charge in [-0.2, -0.15) is 0 Å². The van der Waals surface area contributed by atoms with Crippen molar-refractivity contribution in [3.63, 3.8) is 0 Å². The lowest BCUT2D eigenvalue weighted by Gasteiger charge is -2.62. The monoisotopic (exact) mass is 557 g/mol. The van der Waals surface area contributed by atoms with Gasteiger partial charge in [-0.15, -0.1) is 0 Å². The van der Waals surface area contributed by atoms with Crippen LogP contribution in [0.15, 0.2) is 0 Å². The number of nitrogens with zero attached hydrogens (tertiary/aromatic N) is 2. The Morgan fingerprint density at radius 1 is 0.800 bits per heavy atom. The normalized spacial score (nSPS) is 46.9. The second-order valence-corrected chi connectivity index (χ2v) is 15.8. The summed E-state index contributed by atoms with van der Waals surface area (Å²) < 4.78 is 13.5. The van der Waals surface area contributed by atoms with Crippen LogP contribution in [0.4, 0.5) is 0 Å². The summed E-state index contributed by atoms with van der Waals surface area (Å²) in [4.78, 5) is 27.4. The number of esters is 2. The van der Waals surface area contributed by atoms with Crippen LogP contribution in [0.2, 0.25) is 0 Å². The van der Waals surface area contributed by atoms with Gasteiger partial charge in [-0.3, -0.25) is 14.5 Å². The number of quaternary nitrogens is 1. The molecule has 4 aliphatic carbocycles. The number of fused-ring (bicyclic) bond motifs is 5. The minimum atomic E-state index is -0.111. The number of piperidine rings is 2. The third-order valence-corrected chi connectivity index (χ3v) is 13.7. The van der Waals surface area contributed by atoms with Crippen molar-refractivity contribution in [2.45, 2.75) is 135 Å². The fourth-order valence-corrected chi connectivity index (χ4v) is 11.7. The van der Waals surface area contributed by atoms with Crippen LogP contribution in [0.25, 0.3) is 0 Å². The number of carbonyl (C=O) groups excluding carboxylic acids is 2. The molecule has 0 aromatic carbocycles. The average molecular weight is 558 g/mol. The van der Waals surface area contributed by atoms with E-state index in [0.717, 1.165) is 29.9 Å². The summed E-state index contributed by atoms with van der Waals surface area (Å²) in [6.07, 6.45) is 16.3. The van der Waals surface area contributed by atoms with Crippen molar-refractivity contribution in [3.05, 3.63) is 0 Å². The predicted molar refractivity (Wildman–Crippen MR) is 156 cm³/mol. The molecular formula is C34H57N2O4+. The highest BCUT2D eigenvalue weighted by Crippen LogP contribution is 2.67. The molecule has 226 valence electrons. The maximum Gasteiger partial charge on any atom is 0.303 e. The maximum absolute atomic E-state index is 12.5. The number of likely N-dealkylation sites (tertiary alicyclic amines) is 2. The minimum absolute atomic E-state index is 0.0466. The Hall–Kier alpha value is -1.14. The highest BCUT2D eigenvalue weighted by Gasteiger charge is 2.67. The standard InChI is InChI=1S/C34H57N2O4/c1-23(37)39-31-20-25-12-13-26-27(34(25,4)22-29(31)35-16-8-6-9-17-35)14-15-33(3)28(26)21-30(32(33)40-24(2)38)36(5)18-10-7-11-19-36/h25-32H,6-22H2,1-5H3/q+1/t25-,26?,27?,28?,29-,30-,31-,32-,33-,34-/m0/s1. The Balaban J connectivity index is 1.29. The van der Waals surface area contributed by atoms with Crippen LogP contribution in [0.1, 0.15) is 111 Å². The van der Waals surface area contributed by atoms with Crippen molar-refractivity contribution in [1.82, 2.24) is 4.90 Å². The minimum Gasteiger partial charge on any atom is -0.461 e. The first kappa shape index (κ1) is 29.0. The topological polar surface area (TPSA) is 55.8 Å². The van der Waals surface area contributed by atoms with Crippen LogP contribution in [-0.4, -0.2) is 78.8 Å². The maximum atomic E-state index is 12.5. The van der Waals surface area contributed by atoms with Gasteiger partial charge in [0.15, 0.2) is 6.10 Å². The van der Waals surface area contributed by atoms with Crippen molar-refractivity contribution >= 4 is 11.9 Å². The molecule has 6 fully saturated rings. The van der Waals surface area contributed by atoms with Gasteiger partial charge in [0, 0.05) is 31.7 Å². The molecule has 40 heavy (non-hydrogen) atoms. The van der Waals surface area contributed by atoms with E-state index in [1.807, 2.05) is 0 Å². The quantitative estimate of drug-likeness (QED) is 0.315. The van der Waals surface area contributed by atoms with Gasteiger partial charge in [0.05, 0.1) is 20.1 Å². The van der Waals surface area contributed by atoms with Gasteiger partial charge in [0.25, 0.3) is 0 Å². The second-order valence-electron chi connectivity index (χ2n) is 15.8. The number of ether oxygens (including phenoxy) is 2. The van der Waals surface area contributed by atoms with Crippen molar-refractivity contribution in [1.29, 1.82) is 0 Å². The number of hydrogen-bond donors (Lipinski definition) is 0. The van der Waals surface area contributed by atoms with Crippen molar-refractivity contribution in [3.8, 4) is 0 Å². The van der Waals surface area contributed by atoms with Gasteiger partial charge in [-0.25, -0.2) is 0 Å². The predicted octanol–water partition coefficient (Wildman–Crippen LogP) is 5.97. The summed E-state index contributed by atoms with van der Waals surface area (Å²) in [5.41, 5.74) is 0.377. The van der Waals surface area contributed by atoms with Crippen molar-refractivity contribution in [2.24, 2.45) is 34.5 Å². The summed E-state index contributed by atoms with van der Waals surface area (Å²) in [5, 5.41) is 0. The molecule has 2 aliphatic heterocycles. The molecule has 0 amide bonds. The second kappa shape index (κ2) is 10.8. The summed E-state index contributed by atoms with van der Waals surface area (Å²) in [7, 11) is 2.47. The summed E-state index contributed by atoms with van der Waals surface area (Å²) >= 11 is 0. The van der Waals surface area contributed by atoms with E-state index in [2.05, 4.69) is 25.8 Å². The van der Waals surface area contributed by atoms with E-state index >= 15 is 0 Å². The van der Waals surface area contributed by atoms with E-state index in [1.54, 1.807) is 13.8 Å². The lowest BCUT2D eigenvalue weighted by atomic mass is 9.44. The fourth-order valence-electron chi connectivity index (χ4n) is 11.7. The largest absolute Gasteiger partial charge is 0.461 e. The lowest BCUT2D eigenvalue weighted by molar-refractivity contribution is -0.940. The number of hydrogen-bond acceptors (Lipinski definition) is 5. The molecule has 0 spiro atoms. The molecule has 2 heterocycles.